The SMILES string of the molecule is C=CCn1c(=S)sc2c(=O)n(Cc3c(F)cccc3Cl)cnc21. The van der Waals surface area contributed by atoms with Gasteiger partial charge in [-0.2, -0.15) is 0 Å². The van der Waals surface area contributed by atoms with Gasteiger partial charge in [0.15, 0.2) is 9.60 Å². The van der Waals surface area contributed by atoms with Crippen LogP contribution in [0.3, 0.4) is 0 Å². The van der Waals surface area contributed by atoms with Gasteiger partial charge in [-0.1, -0.05) is 35.1 Å². The first kappa shape index (κ1) is 16.0. The lowest BCUT2D eigenvalue weighted by Crippen LogP contribution is -2.21. The molecule has 4 nitrogen and oxygen atoms in total. The Bertz CT molecular complexity index is 1000. The summed E-state index contributed by atoms with van der Waals surface area (Å²) in [5.74, 6) is -0.457. The van der Waals surface area contributed by atoms with Gasteiger partial charge in [0.05, 0.1) is 6.54 Å². The first-order chi connectivity index (χ1) is 11.0. The molecule has 0 saturated heterocycles. The molecule has 0 aliphatic rings. The van der Waals surface area contributed by atoms with E-state index in [-0.39, 0.29) is 22.7 Å². The van der Waals surface area contributed by atoms with Gasteiger partial charge in [-0.15, -0.1) is 6.58 Å². The summed E-state index contributed by atoms with van der Waals surface area (Å²) in [5, 5.41) is 0.272. The van der Waals surface area contributed by atoms with Gasteiger partial charge in [0.2, 0.25) is 0 Å². The maximum Gasteiger partial charge on any atom is 0.273 e. The predicted molar refractivity (Wildman–Crippen MR) is 93.4 cm³/mol. The third kappa shape index (κ3) is 2.87. The minimum Gasteiger partial charge on any atom is -0.304 e. The monoisotopic (exact) mass is 367 g/mol. The van der Waals surface area contributed by atoms with E-state index >= 15 is 0 Å². The predicted octanol–water partition coefficient (Wildman–Crippen LogP) is 4.02. The van der Waals surface area contributed by atoms with E-state index in [2.05, 4.69) is 11.6 Å². The third-order valence-corrected chi connectivity index (χ3v) is 5.13. The van der Waals surface area contributed by atoms with Crippen LogP contribution in [-0.2, 0) is 13.1 Å². The lowest BCUT2D eigenvalue weighted by molar-refractivity contribution is 0.595. The van der Waals surface area contributed by atoms with Gasteiger partial charge in [0, 0.05) is 17.1 Å². The van der Waals surface area contributed by atoms with Gasteiger partial charge < -0.3 is 4.57 Å². The largest absolute Gasteiger partial charge is 0.304 e. The van der Waals surface area contributed by atoms with Crippen molar-refractivity contribution in [2.75, 3.05) is 0 Å². The van der Waals surface area contributed by atoms with Gasteiger partial charge in [0.25, 0.3) is 5.56 Å². The molecule has 3 aromatic rings. The Labute approximate surface area is 145 Å². The highest BCUT2D eigenvalue weighted by atomic mass is 35.5. The average molecular weight is 368 g/mol. The van der Waals surface area contributed by atoms with Crippen molar-refractivity contribution in [1.82, 2.24) is 14.1 Å². The van der Waals surface area contributed by atoms with Gasteiger partial charge in [-0.3, -0.25) is 9.36 Å². The summed E-state index contributed by atoms with van der Waals surface area (Å²) in [7, 11) is 0. The maximum absolute atomic E-state index is 13.9. The Morgan fingerprint density at radius 2 is 2.26 bits per heavy atom. The van der Waals surface area contributed by atoms with Crippen molar-refractivity contribution in [3.8, 4) is 0 Å². The summed E-state index contributed by atoms with van der Waals surface area (Å²) in [4.78, 5) is 16.9. The van der Waals surface area contributed by atoms with E-state index in [1.165, 1.54) is 34.4 Å². The fraction of sp³-hybridized carbons (Fsp3) is 0.133. The van der Waals surface area contributed by atoms with Crippen LogP contribution in [0.15, 0.2) is 42.0 Å². The van der Waals surface area contributed by atoms with Gasteiger partial charge >= 0.3 is 0 Å². The normalized spacial score (nSPS) is 11.0. The molecule has 0 fully saturated rings. The van der Waals surface area contributed by atoms with Crippen LogP contribution in [0.4, 0.5) is 4.39 Å². The molecule has 0 aliphatic heterocycles. The highest BCUT2D eigenvalue weighted by Crippen LogP contribution is 2.21. The number of hydrogen-bond donors (Lipinski definition) is 0. The van der Waals surface area contributed by atoms with Crippen LogP contribution >= 0.6 is 35.2 Å². The molecule has 2 aromatic heterocycles. The van der Waals surface area contributed by atoms with Crippen LogP contribution in [0, 0.1) is 9.77 Å². The van der Waals surface area contributed by atoms with Crippen LogP contribution in [0.2, 0.25) is 5.02 Å². The number of fused-ring (bicyclic) bond motifs is 1. The second kappa shape index (κ2) is 6.35. The molecule has 0 amide bonds. The number of benzene rings is 1. The van der Waals surface area contributed by atoms with Crippen molar-refractivity contribution in [1.29, 1.82) is 0 Å². The zero-order chi connectivity index (χ0) is 16.6. The van der Waals surface area contributed by atoms with Crippen molar-refractivity contribution < 1.29 is 4.39 Å². The van der Waals surface area contributed by atoms with Crippen LogP contribution in [0.1, 0.15) is 5.56 Å². The number of halogens is 2. The Hall–Kier alpha value is -1.83. The molecule has 118 valence electrons. The molecule has 0 N–H and O–H groups in total. The first-order valence-electron chi connectivity index (χ1n) is 6.65. The number of rotatable bonds is 4. The summed E-state index contributed by atoms with van der Waals surface area (Å²) < 4.78 is 18.0. The lowest BCUT2D eigenvalue weighted by atomic mass is 10.2. The summed E-state index contributed by atoms with van der Waals surface area (Å²) in [5.41, 5.74) is 0.501. The summed E-state index contributed by atoms with van der Waals surface area (Å²) in [6, 6.07) is 4.41. The molecule has 0 unspecified atom stereocenters. The van der Waals surface area contributed by atoms with E-state index in [4.69, 9.17) is 23.8 Å². The number of hydrogen-bond acceptors (Lipinski definition) is 4. The van der Waals surface area contributed by atoms with Gasteiger partial charge in [0.1, 0.15) is 16.8 Å². The van der Waals surface area contributed by atoms with Crippen LogP contribution in [-0.4, -0.2) is 14.1 Å². The maximum atomic E-state index is 13.9. The Morgan fingerprint density at radius 1 is 1.48 bits per heavy atom. The highest BCUT2D eigenvalue weighted by Gasteiger charge is 2.14. The van der Waals surface area contributed by atoms with Crippen molar-refractivity contribution >= 4 is 45.5 Å². The quantitative estimate of drug-likeness (QED) is 0.516. The van der Waals surface area contributed by atoms with Crippen molar-refractivity contribution in [2.45, 2.75) is 13.1 Å². The van der Waals surface area contributed by atoms with Crippen molar-refractivity contribution in [2.24, 2.45) is 0 Å². The lowest BCUT2D eigenvalue weighted by Gasteiger charge is -2.08. The molecule has 8 heteroatoms. The second-order valence-corrected chi connectivity index (χ2v) is 6.85. The van der Waals surface area contributed by atoms with E-state index in [1.807, 2.05) is 0 Å². The minimum atomic E-state index is -0.457. The molecule has 23 heavy (non-hydrogen) atoms. The summed E-state index contributed by atoms with van der Waals surface area (Å²) in [6.45, 7) is 4.16. The van der Waals surface area contributed by atoms with E-state index in [1.54, 1.807) is 16.7 Å². The zero-order valence-corrected chi connectivity index (χ0v) is 14.2. The molecule has 0 spiro atoms. The Balaban J connectivity index is 2.14. The fourth-order valence-electron chi connectivity index (χ4n) is 2.23. The van der Waals surface area contributed by atoms with Gasteiger partial charge in [-0.25, -0.2) is 9.37 Å². The zero-order valence-electron chi connectivity index (χ0n) is 11.8. The van der Waals surface area contributed by atoms with Crippen molar-refractivity contribution in [3.05, 3.63) is 67.9 Å². The molecule has 0 bridgehead atoms. The molecular formula is C15H11ClFN3OS2. The second-order valence-electron chi connectivity index (χ2n) is 4.80. The molecule has 3 rings (SSSR count). The summed E-state index contributed by atoms with van der Waals surface area (Å²) >= 11 is 12.5. The van der Waals surface area contributed by atoms with Gasteiger partial charge in [-0.05, 0) is 24.4 Å². The molecule has 1 aromatic carbocycles. The number of nitrogens with zero attached hydrogens (tertiary/aromatic N) is 3. The molecule has 0 saturated carbocycles. The fourth-order valence-corrected chi connectivity index (χ4v) is 3.77. The topological polar surface area (TPSA) is 39.8 Å². The molecule has 0 aliphatic carbocycles. The molecular weight excluding hydrogens is 357 g/mol. The summed E-state index contributed by atoms with van der Waals surface area (Å²) in [6.07, 6.45) is 3.07. The Kier molecular flexibility index (Phi) is 4.43. The molecule has 2 heterocycles. The van der Waals surface area contributed by atoms with Crippen molar-refractivity contribution in [3.63, 3.8) is 0 Å². The van der Waals surface area contributed by atoms with Crippen LogP contribution in [0.5, 0.6) is 0 Å². The van der Waals surface area contributed by atoms with E-state index in [9.17, 15) is 9.18 Å². The average Bonchev–Trinajstić information content (AvgIpc) is 2.83. The minimum absolute atomic E-state index is 0.0133. The molecule has 0 radical (unpaired) electrons. The standard InChI is InChI=1S/C15H11ClFN3OS2/c1-2-6-20-13-12(23-15(20)22)14(21)19(8-18-13)7-9-10(16)4-3-5-11(9)17/h2-5,8H,1,6-7H2. The van der Waals surface area contributed by atoms with Crippen LogP contribution in [0.25, 0.3) is 10.3 Å². The highest BCUT2D eigenvalue weighted by molar-refractivity contribution is 7.73. The number of allylic oxidation sites excluding steroid dienone is 1. The van der Waals surface area contributed by atoms with E-state index in [0.29, 0.717) is 20.8 Å². The van der Waals surface area contributed by atoms with E-state index in [0.717, 1.165) is 0 Å². The van der Waals surface area contributed by atoms with E-state index < -0.39 is 5.82 Å². The molecule has 0 atom stereocenters. The van der Waals surface area contributed by atoms with Crippen LogP contribution < -0.4 is 5.56 Å². The first-order valence-corrected chi connectivity index (χ1v) is 8.25. The smallest absolute Gasteiger partial charge is 0.273 e. The Morgan fingerprint density at radius 3 is 2.96 bits per heavy atom. The number of aromatic nitrogens is 3. The third-order valence-electron chi connectivity index (χ3n) is 3.34. The number of thiazole rings is 1.